The van der Waals surface area contributed by atoms with Crippen molar-refractivity contribution in [3.05, 3.63) is 34.6 Å². The van der Waals surface area contributed by atoms with E-state index in [1.165, 1.54) is 12.1 Å². The monoisotopic (exact) mass is 335 g/mol. The number of rotatable bonds is 6. The minimum absolute atomic E-state index is 0.00367. The Morgan fingerprint density at radius 1 is 1.56 bits per heavy atom. The van der Waals surface area contributed by atoms with Gasteiger partial charge in [0.25, 0.3) is 5.91 Å². The Morgan fingerprint density at radius 2 is 2.28 bits per heavy atom. The number of benzene rings is 1. The van der Waals surface area contributed by atoms with Gasteiger partial charge in [0.1, 0.15) is 0 Å². The summed E-state index contributed by atoms with van der Waals surface area (Å²) in [5.41, 5.74) is -0.00367. The maximum Gasteiger partial charge on any atom is 0.254 e. The molecule has 1 N–H and O–H groups in total. The third-order valence-corrected chi connectivity index (χ3v) is 4.02. The minimum Gasteiger partial charge on any atom is -0.352 e. The van der Waals surface area contributed by atoms with Crippen LogP contribution in [0, 0.1) is 11.7 Å². The van der Waals surface area contributed by atoms with Gasteiger partial charge in [-0.3, -0.25) is 4.79 Å². The lowest BCUT2D eigenvalue weighted by Gasteiger charge is -2.09. The zero-order valence-electron chi connectivity index (χ0n) is 10.2. The number of alkyl halides is 1. The van der Waals surface area contributed by atoms with E-state index in [0.29, 0.717) is 12.5 Å². The first-order chi connectivity index (χ1) is 8.56. The molecule has 18 heavy (non-hydrogen) atoms. The van der Waals surface area contributed by atoms with Crippen molar-refractivity contribution in [2.24, 2.45) is 5.92 Å². The molecule has 1 aromatic rings. The highest BCUT2D eigenvalue weighted by atomic mass is 79.9. The van der Waals surface area contributed by atoms with Crippen molar-refractivity contribution in [1.82, 2.24) is 5.32 Å². The minimum atomic E-state index is -0.662. The summed E-state index contributed by atoms with van der Waals surface area (Å²) >= 11 is 9.02. The summed E-state index contributed by atoms with van der Waals surface area (Å²) in [7, 11) is 0. The number of hydrogen-bond donors (Lipinski definition) is 1. The molecule has 0 aromatic heterocycles. The smallest absolute Gasteiger partial charge is 0.254 e. The predicted octanol–water partition coefficient (Wildman–Crippen LogP) is 4.02. The summed E-state index contributed by atoms with van der Waals surface area (Å²) in [4.78, 5) is 11.7. The van der Waals surface area contributed by atoms with Crippen LogP contribution in [0.15, 0.2) is 18.2 Å². The fourth-order valence-electron chi connectivity index (χ4n) is 1.50. The molecule has 0 aliphatic carbocycles. The molecule has 100 valence electrons. The molecule has 0 heterocycles. The second kappa shape index (κ2) is 7.74. The molecule has 1 amide bonds. The summed E-state index contributed by atoms with van der Waals surface area (Å²) in [6.07, 6.45) is 1.89. The van der Waals surface area contributed by atoms with E-state index in [4.69, 9.17) is 11.6 Å². The average Bonchev–Trinajstić information content (AvgIpc) is 2.37. The third kappa shape index (κ3) is 4.58. The van der Waals surface area contributed by atoms with Crippen molar-refractivity contribution >= 4 is 33.4 Å². The number of carbonyl (C=O) groups excluding carboxylic acids is 1. The Bertz CT molecular complexity index is 414. The molecule has 0 aliphatic rings. The highest BCUT2D eigenvalue weighted by molar-refractivity contribution is 9.09. The standard InChI is InChI=1S/C13H16BrClFNO/c1-9(8-14)4-3-7-17-13(18)10-5-2-6-11(15)12(10)16/h2,5-6,9H,3-4,7-8H2,1H3,(H,17,18). The van der Waals surface area contributed by atoms with Gasteiger partial charge in [-0.15, -0.1) is 0 Å². The zero-order valence-corrected chi connectivity index (χ0v) is 12.5. The van der Waals surface area contributed by atoms with Gasteiger partial charge in [0, 0.05) is 11.9 Å². The zero-order chi connectivity index (χ0) is 13.5. The van der Waals surface area contributed by atoms with Crippen LogP contribution >= 0.6 is 27.5 Å². The van der Waals surface area contributed by atoms with Crippen molar-refractivity contribution < 1.29 is 9.18 Å². The lowest BCUT2D eigenvalue weighted by molar-refractivity contribution is 0.0948. The number of amides is 1. The largest absolute Gasteiger partial charge is 0.352 e. The van der Waals surface area contributed by atoms with Crippen molar-refractivity contribution in [1.29, 1.82) is 0 Å². The van der Waals surface area contributed by atoms with Gasteiger partial charge < -0.3 is 5.32 Å². The SMILES string of the molecule is CC(CBr)CCCNC(=O)c1cccc(Cl)c1F. The van der Waals surface area contributed by atoms with Crippen LogP contribution in [-0.4, -0.2) is 17.8 Å². The Labute approximate surface area is 120 Å². The predicted molar refractivity (Wildman–Crippen MR) is 75.9 cm³/mol. The lowest BCUT2D eigenvalue weighted by Crippen LogP contribution is -2.25. The van der Waals surface area contributed by atoms with Crippen LogP contribution in [0.4, 0.5) is 4.39 Å². The average molecular weight is 337 g/mol. The molecule has 1 atom stereocenters. The second-order valence-electron chi connectivity index (χ2n) is 4.26. The maximum absolute atomic E-state index is 13.5. The number of carbonyl (C=O) groups is 1. The maximum atomic E-state index is 13.5. The normalized spacial score (nSPS) is 12.2. The van der Waals surface area contributed by atoms with Gasteiger partial charge >= 0.3 is 0 Å². The topological polar surface area (TPSA) is 29.1 Å². The van der Waals surface area contributed by atoms with Crippen molar-refractivity contribution in [3.8, 4) is 0 Å². The molecule has 2 nitrogen and oxygen atoms in total. The van der Waals surface area contributed by atoms with Gasteiger partial charge in [-0.2, -0.15) is 0 Å². The van der Waals surface area contributed by atoms with Gasteiger partial charge in [-0.1, -0.05) is 40.5 Å². The first-order valence-electron chi connectivity index (χ1n) is 5.84. The van der Waals surface area contributed by atoms with E-state index in [-0.39, 0.29) is 10.6 Å². The van der Waals surface area contributed by atoms with E-state index in [1.807, 2.05) is 0 Å². The van der Waals surface area contributed by atoms with Gasteiger partial charge in [-0.25, -0.2) is 4.39 Å². The third-order valence-electron chi connectivity index (χ3n) is 2.62. The molecule has 0 bridgehead atoms. The van der Waals surface area contributed by atoms with Gasteiger partial charge in [-0.05, 0) is 30.9 Å². The summed E-state index contributed by atoms with van der Waals surface area (Å²) in [5, 5.41) is 3.61. The van der Waals surface area contributed by atoms with Crippen LogP contribution in [0.5, 0.6) is 0 Å². The second-order valence-corrected chi connectivity index (χ2v) is 5.31. The molecular formula is C13H16BrClFNO. The van der Waals surface area contributed by atoms with Gasteiger partial charge in [0.05, 0.1) is 10.6 Å². The Hall–Kier alpha value is -0.610. The van der Waals surface area contributed by atoms with Crippen molar-refractivity contribution in [2.75, 3.05) is 11.9 Å². The molecule has 0 spiro atoms. The van der Waals surface area contributed by atoms with Crippen LogP contribution in [0.3, 0.4) is 0 Å². The number of nitrogens with one attached hydrogen (secondary N) is 1. The molecule has 0 saturated heterocycles. The van der Waals surface area contributed by atoms with Crippen LogP contribution in [0.25, 0.3) is 0 Å². The Morgan fingerprint density at radius 3 is 2.94 bits per heavy atom. The van der Waals surface area contributed by atoms with Gasteiger partial charge in [0.15, 0.2) is 5.82 Å². The molecule has 0 radical (unpaired) electrons. The molecule has 5 heteroatoms. The van der Waals surface area contributed by atoms with E-state index >= 15 is 0 Å². The Balaban J connectivity index is 2.44. The number of halogens is 3. The van der Waals surface area contributed by atoms with E-state index < -0.39 is 11.7 Å². The van der Waals surface area contributed by atoms with Crippen LogP contribution in [0.2, 0.25) is 5.02 Å². The fraction of sp³-hybridized carbons (Fsp3) is 0.462. The molecule has 0 saturated carbocycles. The van der Waals surface area contributed by atoms with Crippen LogP contribution < -0.4 is 5.32 Å². The molecular weight excluding hydrogens is 321 g/mol. The highest BCUT2D eigenvalue weighted by Gasteiger charge is 2.13. The van der Waals surface area contributed by atoms with E-state index in [1.54, 1.807) is 6.07 Å². The summed E-state index contributed by atoms with van der Waals surface area (Å²) in [5.74, 6) is -0.503. The van der Waals surface area contributed by atoms with Crippen molar-refractivity contribution in [2.45, 2.75) is 19.8 Å². The first kappa shape index (κ1) is 15.4. The molecule has 1 rings (SSSR count). The van der Waals surface area contributed by atoms with Gasteiger partial charge in [0.2, 0.25) is 0 Å². The summed E-state index contributed by atoms with van der Waals surface area (Å²) in [6.45, 7) is 2.68. The highest BCUT2D eigenvalue weighted by Crippen LogP contribution is 2.17. The first-order valence-corrected chi connectivity index (χ1v) is 7.34. The lowest BCUT2D eigenvalue weighted by atomic mass is 10.1. The van der Waals surface area contributed by atoms with E-state index in [9.17, 15) is 9.18 Å². The number of hydrogen-bond acceptors (Lipinski definition) is 1. The summed E-state index contributed by atoms with van der Waals surface area (Å²) < 4.78 is 13.5. The molecule has 1 unspecified atom stereocenters. The fourth-order valence-corrected chi connectivity index (χ4v) is 2.00. The van der Waals surface area contributed by atoms with E-state index in [0.717, 1.165) is 18.2 Å². The quantitative estimate of drug-likeness (QED) is 0.617. The van der Waals surface area contributed by atoms with E-state index in [2.05, 4.69) is 28.2 Å². The van der Waals surface area contributed by atoms with Crippen LogP contribution in [-0.2, 0) is 0 Å². The summed E-state index contributed by atoms with van der Waals surface area (Å²) in [6, 6.07) is 4.41. The molecule has 0 fully saturated rings. The van der Waals surface area contributed by atoms with Crippen LogP contribution in [0.1, 0.15) is 30.1 Å². The van der Waals surface area contributed by atoms with Crippen molar-refractivity contribution in [3.63, 3.8) is 0 Å². The molecule has 0 aliphatic heterocycles. The Kier molecular flexibility index (Phi) is 6.65. The molecule has 1 aromatic carbocycles.